The maximum Gasteiger partial charge on any atom is 0.290 e. The van der Waals surface area contributed by atoms with Gasteiger partial charge >= 0.3 is 0 Å². The Balaban J connectivity index is 1.48. The number of aromatic nitrogens is 2. The van der Waals surface area contributed by atoms with Gasteiger partial charge in [0.2, 0.25) is 5.91 Å². The molecule has 142 valence electrons. The Kier molecular flexibility index (Phi) is 5.23. The summed E-state index contributed by atoms with van der Waals surface area (Å²) in [6, 6.07) is 10.2. The van der Waals surface area contributed by atoms with Gasteiger partial charge in [0, 0.05) is 38.6 Å². The lowest BCUT2D eigenvalue weighted by Gasteiger charge is -2.37. The molecule has 0 bridgehead atoms. The molecule has 6 heteroatoms. The number of hydrogen-bond donors (Lipinski definition) is 1. The van der Waals surface area contributed by atoms with Crippen LogP contribution in [0.15, 0.2) is 47.5 Å². The molecule has 27 heavy (non-hydrogen) atoms. The van der Waals surface area contributed by atoms with Crippen molar-refractivity contribution >= 4 is 11.7 Å². The Labute approximate surface area is 159 Å². The number of carbonyl (C=O) groups excluding carboxylic acids is 1. The summed E-state index contributed by atoms with van der Waals surface area (Å²) in [6.07, 6.45) is 7.84. The Hall–Kier alpha value is -2.63. The molecule has 2 aliphatic rings. The van der Waals surface area contributed by atoms with Gasteiger partial charge in [-0.3, -0.25) is 9.59 Å². The second-order valence-electron chi connectivity index (χ2n) is 7.49. The van der Waals surface area contributed by atoms with Crippen LogP contribution in [0.5, 0.6) is 0 Å². The van der Waals surface area contributed by atoms with Crippen LogP contribution < -0.4 is 10.5 Å². The van der Waals surface area contributed by atoms with E-state index in [1.54, 1.807) is 6.20 Å². The van der Waals surface area contributed by atoms with Crippen molar-refractivity contribution in [1.29, 1.82) is 0 Å². The number of nitrogens with zero attached hydrogens (tertiary/aromatic N) is 3. The third-order valence-corrected chi connectivity index (χ3v) is 5.88. The van der Waals surface area contributed by atoms with E-state index in [1.165, 1.54) is 19.0 Å². The van der Waals surface area contributed by atoms with Gasteiger partial charge in [-0.2, -0.15) is 0 Å². The van der Waals surface area contributed by atoms with Crippen molar-refractivity contribution in [3.63, 3.8) is 0 Å². The van der Waals surface area contributed by atoms with E-state index in [0.29, 0.717) is 37.9 Å². The molecule has 1 N–H and O–H groups in total. The summed E-state index contributed by atoms with van der Waals surface area (Å²) in [6.45, 7) is 2.53. The molecule has 2 heterocycles. The van der Waals surface area contributed by atoms with E-state index in [9.17, 15) is 9.59 Å². The molecule has 2 fully saturated rings. The molecule has 1 saturated carbocycles. The first kappa shape index (κ1) is 17.8. The predicted octanol–water partition coefficient (Wildman–Crippen LogP) is 2.39. The van der Waals surface area contributed by atoms with Crippen LogP contribution in [0.1, 0.15) is 37.2 Å². The van der Waals surface area contributed by atoms with Crippen molar-refractivity contribution in [2.75, 3.05) is 31.1 Å². The minimum absolute atomic E-state index is 0.0431. The highest BCUT2D eigenvalue weighted by Crippen LogP contribution is 2.38. The molecule has 4 rings (SSSR count). The number of amides is 1. The molecule has 1 aromatic carbocycles. The van der Waals surface area contributed by atoms with Gasteiger partial charge in [-0.05, 0) is 24.3 Å². The maximum absolute atomic E-state index is 13.4. The third kappa shape index (κ3) is 3.75. The van der Waals surface area contributed by atoms with E-state index in [2.05, 4.69) is 22.1 Å². The largest absolute Gasteiger partial charge is 0.348 e. The normalized spacial score (nSPS) is 19.3. The number of benzene rings is 1. The summed E-state index contributed by atoms with van der Waals surface area (Å²) in [7, 11) is 0. The first-order chi connectivity index (χ1) is 13.2. The Morgan fingerprint density at radius 2 is 1.78 bits per heavy atom. The van der Waals surface area contributed by atoms with Gasteiger partial charge in [0.25, 0.3) is 5.56 Å². The minimum Gasteiger partial charge on any atom is -0.348 e. The first-order valence-electron chi connectivity index (χ1n) is 9.86. The van der Waals surface area contributed by atoms with Crippen LogP contribution in [0.4, 0.5) is 5.82 Å². The molecule has 6 nitrogen and oxygen atoms in total. The van der Waals surface area contributed by atoms with Crippen molar-refractivity contribution in [2.45, 2.75) is 31.6 Å². The molecular formula is C21H26N4O2. The topological polar surface area (TPSA) is 69.3 Å². The molecule has 1 aliphatic carbocycles. The van der Waals surface area contributed by atoms with E-state index < -0.39 is 0 Å². The fraction of sp³-hybridized carbons (Fsp3) is 0.476. The van der Waals surface area contributed by atoms with Gasteiger partial charge in [-0.25, -0.2) is 4.98 Å². The van der Waals surface area contributed by atoms with E-state index in [4.69, 9.17) is 0 Å². The summed E-state index contributed by atoms with van der Waals surface area (Å²) in [5.41, 5.74) is 0.961. The molecule has 1 atom stereocenters. The molecule has 1 saturated heterocycles. The third-order valence-electron chi connectivity index (χ3n) is 5.88. The van der Waals surface area contributed by atoms with Crippen molar-refractivity contribution in [3.05, 3.63) is 58.6 Å². The van der Waals surface area contributed by atoms with Gasteiger partial charge in [0.1, 0.15) is 0 Å². The fourth-order valence-corrected chi connectivity index (χ4v) is 4.47. The van der Waals surface area contributed by atoms with Gasteiger partial charge in [-0.1, -0.05) is 43.2 Å². The van der Waals surface area contributed by atoms with E-state index in [0.717, 1.165) is 18.4 Å². The molecule has 0 unspecified atom stereocenters. The highest BCUT2D eigenvalue weighted by molar-refractivity contribution is 5.84. The quantitative estimate of drug-likeness (QED) is 0.902. The Morgan fingerprint density at radius 1 is 1.07 bits per heavy atom. The van der Waals surface area contributed by atoms with Crippen LogP contribution in [0.25, 0.3) is 0 Å². The van der Waals surface area contributed by atoms with Gasteiger partial charge in [0.05, 0.1) is 5.92 Å². The molecule has 1 aromatic heterocycles. The first-order valence-corrected chi connectivity index (χ1v) is 9.86. The zero-order chi connectivity index (χ0) is 18.6. The summed E-state index contributed by atoms with van der Waals surface area (Å²) < 4.78 is 0. The molecule has 0 radical (unpaired) electrons. The number of piperazine rings is 1. The lowest BCUT2D eigenvalue weighted by Crippen LogP contribution is -2.51. The summed E-state index contributed by atoms with van der Waals surface area (Å²) in [4.78, 5) is 36.2. The number of H-pyrrole nitrogens is 1. The lowest BCUT2D eigenvalue weighted by atomic mass is 9.83. The highest BCUT2D eigenvalue weighted by Gasteiger charge is 2.35. The van der Waals surface area contributed by atoms with E-state index in [1.807, 2.05) is 28.0 Å². The van der Waals surface area contributed by atoms with Crippen LogP contribution >= 0.6 is 0 Å². The summed E-state index contributed by atoms with van der Waals surface area (Å²) >= 11 is 0. The van der Waals surface area contributed by atoms with Gasteiger partial charge in [0.15, 0.2) is 5.82 Å². The average molecular weight is 366 g/mol. The monoisotopic (exact) mass is 366 g/mol. The van der Waals surface area contributed by atoms with Crippen molar-refractivity contribution < 1.29 is 4.79 Å². The van der Waals surface area contributed by atoms with Crippen LogP contribution in [0.2, 0.25) is 0 Å². The number of aromatic amines is 1. The number of anilines is 1. The second-order valence-corrected chi connectivity index (χ2v) is 7.49. The van der Waals surface area contributed by atoms with Crippen LogP contribution in [0.3, 0.4) is 0 Å². The average Bonchev–Trinajstić information content (AvgIpc) is 3.24. The molecular weight excluding hydrogens is 340 g/mol. The van der Waals surface area contributed by atoms with Crippen molar-refractivity contribution in [3.8, 4) is 0 Å². The summed E-state index contributed by atoms with van der Waals surface area (Å²) in [5, 5.41) is 0. The minimum atomic E-state index is -0.176. The second kappa shape index (κ2) is 7.94. The van der Waals surface area contributed by atoms with Crippen LogP contribution in [0, 0.1) is 5.92 Å². The number of carbonyl (C=O) groups is 1. The Bertz CT molecular complexity index is 821. The number of rotatable bonds is 4. The van der Waals surface area contributed by atoms with E-state index in [-0.39, 0.29) is 17.4 Å². The zero-order valence-corrected chi connectivity index (χ0v) is 15.5. The van der Waals surface area contributed by atoms with Crippen LogP contribution in [-0.4, -0.2) is 47.0 Å². The van der Waals surface area contributed by atoms with Gasteiger partial charge in [-0.15, -0.1) is 0 Å². The number of hydrogen-bond acceptors (Lipinski definition) is 4. The smallest absolute Gasteiger partial charge is 0.290 e. The Morgan fingerprint density at radius 3 is 2.44 bits per heavy atom. The highest BCUT2D eigenvalue weighted by atomic mass is 16.2. The molecule has 1 amide bonds. The van der Waals surface area contributed by atoms with E-state index >= 15 is 0 Å². The predicted molar refractivity (Wildman–Crippen MR) is 105 cm³/mol. The fourth-order valence-electron chi connectivity index (χ4n) is 4.47. The maximum atomic E-state index is 13.4. The van der Waals surface area contributed by atoms with Crippen molar-refractivity contribution in [2.24, 2.45) is 5.92 Å². The SMILES string of the molecule is O=C([C@H](c1ccccc1)C1CCCC1)N1CCN(c2ncc[nH]c2=O)CC1. The lowest BCUT2D eigenvalue weighted by molar-refractivity contribution is -0.134. The number of nitrogens with one attached hydrogen (secondary N) is 1. The molecule has 0 spiro atoms. The standard InChI is InChI=1S/C21H26N4O2/c26-20-19(22-10-11-23-20)24-12-14-25(15-13-24)21(27)18(17-8-4-5-9-17)16-6-2-1-3-7-16/h1-3,6-7,10-11,17-18H,4-5,8-9,12-15H2,(H,23,26)/t18-/m1/s1. The zero-order valence-electron chi connectivity index (χ0n) is 15.5. The van der Waals surface area contributed by atoms with Crippen LogP contribution in [-0.2, 0) is 4.79 Å². The van der Waals surface area contributed by atoms with Gasteiger partial charge < -0.3 is 14.8 Å². The van der Waals surface area contributed by atoms with Crippen molar-refractivity contribution in [1.82, 2.24) is 14.9 Å². The molecule has 1 aliphatic heterocycles. The molecule has 2 aromatic rings. The summed E-state index contributed by atoms with van der Waals surface area (Å²) in [5.74, 6) is 1.08.